The molecule has 0 bridgehead atoms. The van der Waals surface area contributed by atoms with Gasteiger partial charge in [0.1, 0.15) is 17.5 Å². The van der Waals surface area contributed by atoms with Gasteiger partial charge in [-0.25, -0.2) is 4.39 Å². The van der Waals surface area contributed by atoms with Gasteiger partial charge in [-0.1, -0.05) is 38.8 Å². The second kappa shape index (κ2) is 11.1. The zero-order valence-corrected chi connectivity index (χ0v) is 20.5. The third kappa shape index (κ3) is 6.76. The molecule has 33 heavy (non-hydrogen) atoms. The topological polar surface area (TPSA) is 56.3 Å². The van der Waals surface area contributed by atoms with E-state index in [1.54, 1.807) is 12.1 Å². The number of anilines is 3. The summed E-state index contributed by atoms with van der Waals surface area (Å²) in [7, 11) is 0. The van der Waals surface area contributed by atoms with Crippen LogP contribution in [-0.2, 0) is 6.54 Å². The molecule has 2 N–H and O–H groups in total. The first-order valence-electron chi connectivity index (χ1n) is 12.1. The molecular formula is C25H35FN6S. The van der Waals surface area contributed by atoms with Gasteiger partial charge in [0.05, 0.1) is 0 Å². The van der Waals surface area contributed by atoms with Gasteiger partial charge in [0.15, 0.2) is 5.11 Å². The van der Waals surface area contributed by atoms with E-state index < -0.39 is 0 Å². The van der Waals surface area contributed by atoms with Crippen molar-refractivity contribution in [2.75, 3.05) is 41.3 Å². The average molecular weight is 471 g/mol. The maximum atomic E-state index is 13.1. The number of thiocarbonyl (C=S) groups is 1. The molecule has 1 aromatic carbocycles. The summed E-state index contributed by atoms with van der Waals surface area (Å²) in [5.74, 6) is 3.49. The molecule has 0 radical (unpaired) electrons. The molecular weight excluding hydrogens is 435 g/mol. The molecule has 2 unspecified atom stereocenters. The summed E-state index contributed by atoms with van der Waals surface area (Å²) in [5.41, 5.74) is 0.955. The van der Waals surface area contributed by atoms with E-state index in [1.807, 2.05) is 0 Å². The summed E-state index contributed by atoms with van der Waals surface area (Å²) in [6, 6.07) is 8.55. The minimum absolute atomic E-state index is 0.243. The maximum absolute atomic E-state index is 13.1. The van der Waals surface area contributed by atoms with Gasteiger partial charge >= 0.3 is 0 Å². The molecule has 178 valence electrons. The monoisotopic (exact) mass is 470 g/mol. The van der Waals surface area contributed by atoms with E-state index in [0.717, 1.165) is 43.4 Å². The second-order valence-electron chi connectivity index (χ2n) is 9.59. The van der Waals surface area contributed by atoms with Crippen LogP contribution >= 0.6 is 12.2 Å². The quantitative estimate of drug-likeness (QED) is 0.599. The molecule has 2 fully saturated rings. The number of aromatic nitrogens is 2. The van der Waals surface area contributed by atoms with Crippen molar-refractivity contribution >= 4 is 34.9 Å². The van der Waals surface area contributed by atoms with Crippen LogP contribution in [0.25, 0.3) is 0 Å². The van der Waals surface area contributed by atoms with Crippen LogP contribution in [0.3, 0.4) is 0 Å². The number of rotatable bonds is 5. The van der Waals surface area contributed by atoms with Crippen molar-refractivity contribution in [2.45, 2.75) is 52.5 Å². The lowest BCUT2D eigenvalue weighted by Gasteiger charge is -2.36. The van der Waals surface area contributed by atoms with E-state index in [-0.39, 0.29) is 5.82 Å². The van der Waals surface area contributed by atoms with Crippen LogP contribution in [0.1, 0.15) is 51.5 Å². The molecule has 4 rings (SSSR count). The summed E-state index contributed by atoms with van der Waals surface area (Å²) in [4.78, 5) is 14.5. The van der Waals surface area contributed by atoms with Gasteiger partial charge in [-0.05, 0) is 61.0 Å². The lowest BCUT2D eigenvalue weighted by molar-refractivity contribution is 0.355. The molecule has 2 atom stereocenters. The molecule has 0 aliphatic carbocycles. The Balaban J connectivity index is 1.51. The second-order valence-corrected chi connectivity index (χ2v) is 10.0. The van der Waals surface area contributed by atoms with E-state index in [0.29, 0.717) is 29.4 Å². The zero-order chi connectivity index (χ0) is 23.2. The summed E-state index contributed by atoms with van der Waals surface area (Å²) < 4.78 is 13.1. The summed E-state index contributed by atoms with van der Waals surface area (Å²) in [6.07, 6.45) is 6.19. The highest BCUT2D eigenvalue weighted by atomic mass is 32.1. The van der Waals surface area contributed by atoms with E-state index in [4.69, 9.17) is 22.2 Å². The zero-order valence-electron chi connectivity index (χ0n) is 19.7. The molecule has 2 aliphatic rings. The Labute approximate surface area is 202 Å². The third-order valence-electron chi connectivity index (χ3n) is 6.41. The molecule has 8 heteroatoms. The Hall–Kier alpha value is -2.48. The van der Waals surface area contributed by atoms with Crippen LogP contribution in [0.15, 0.2) is 30.3 Å². The van der Waals surface area contributed by atoms with Crippen molar-refractivity contribution in [1.82, 2.24) is 15.3 Å². The molecule has 1 aromatic heterocycles. The van der Waals surface area contributed by atoms with Gasteiger partial charge in [0.2, 0.25) is 5.95 Å². The predicted octanol–water partition coefficient (Wildman–Crippen LogP) is 4.97. The number of nitrogens with zero attached hydrogens (tertiary/aromatic N) is 4. The fourth-order valence-corrected chi connectivity index (χ4v) is 5.05. The van der Waals surface area contributed by atoms with Crippen molar-refractivity contribution in [3.05, 3.63) is 41.7 Å². The average Bonchev–Trinajstić information content (AvgIpc) is 3.08. The van der Waals surface area contributed by atoms with Crippen molar-refractivity contribution in [3.8, 4) is 0 Å². The van der Waals surface area contributed by atoms with E-state index in [1.165, 1.54) is 44.2 Å². The third-order valence-corrected chi connectivity index (χ3v) is 6.66. The Kier molecular flexibility index (Phi) is 7.96. The van der Waals surface area contributed by atoms with Crippen LogP contribution in [0.2, 0.25) is 0 Å². The molecule has 2 aromatic rings. The number of nitrogens with one attached hydrogen (secondary N) is 2. The standard InChI is InChI=1S/C25H35FN6S/c1-18-13-19(2)17-32(16-18)23-14-22(31-11-5-3-4-6-12-31)28-24(29-23)30-25(33)27-15-20-7-9-21(26)10-8-20/h7-10,14,18-19H,3-6,11-13,15-17H2,1-2H3,(H2,27,28,29,30,33). The van der Waals surface area contributed by atoms with Gasteiger partial charge in [0, 0.05) is 38.8 Å². The normalized spacial score (nSPS) is 21.4. The Bertz CT molecular complexity index is 919. The first-order valence-corrected chi connectivity index (χ1v) is 12.6. The Morgan fingerprint density at radius 1 is 0.970 bits per heavy atom. The van der Waals surface area contributed by atoms with Crippen molar-refractivity contribution < 1.29 is 4.39 Å². The summed E-state index contributed by atoms with van der Waals surface area (Å²) in [6.45, 7) is 9.19. The maximum Gasteiger partial charge on any atom is 0.232 e. The number of hydrogen-bond acceptors (Lipinski definition) is 5. The summed E-state index contributed by atoms with van der Waals surface area (Å²) >= 11 is 5.52. The number of piperidine rings is 1. The van der Waals surface area contributed by atoms with Gasteiger partial charge in [-0.15, -0.1) is 0 Å². The number of hydrogen-bond donors (Lipinski definition) is 2. The first kappa shape index (κ1) is 23.7. The fourth-order valence-electron chi connectivity index (χ4n) is 4.88. The van der Waals surface area contributed by atoms with Crippen LogP contribution in [0.5, 0.6) is 0 Å². The lowest BCUT2D eigenvalue weighted by Crippen LogP contribution is -2.39. The first-order chi connectivity index (χ1) is 16.0. The van der Waals surface area contributed by atoms with Crippen LogP contribution in [0.4, 0.5) is 22.0 Å². The molecule has 0 amide bonds. The molecule has 0 spiro atoms. The Morgan fingerprint density at radius 3 is 2.21 bits per heavy atom. The number of benzene rings is 1. The minimum Gasteiger partial charge on any atom is -0.358 e. The van der Waals surface area contributed by atoms with Gasteiger partial charge in [-0.3, -0.25) is 0 Å². The van der Waals surface area contributed by atoms with Crippen molar-refractivity contribution in [2.24, 2.45) is 11.8 Å². The molecule has 6 nitrogen and oxygen atoms in total. The van der Waals surface area contributed by atoms with Crippen molar-refractivity contribution in [1.29, 1.82) is 0 Å². The number of halogens is 1. The highest BCUT2D eigenvalue weighted by Crippen LogP contribution is 2.29. The van der Waals surface area contributed by atoms with Gasteiger partial charge in [0.25, 0.3) is 0 Å². The molecule has 3 heterocycles. The van der Waals surface area contributed by atoms with Crippen LogP contribution in [-0.4, -0.2) is 41.3 Å². The molecule has 0 saturated carbocycles. The largest absolute Gasteiger partial charge is 0.358 e. The fraction of sp³-hybridized carbons (Fsp3) is 0.560. The van der Waals surface area contributed by atoms with E-state index in [9.17, 15) is 4.39 Å². The predicted molar refractivity (Wildman–Crippen MR) is 137 cm³/mol. The van der Waals surface area contributed by atoms with E-state index >= 15 is 0 Å². The molecule has 2 saturated heterocycles. The minimum atomic E-state index is -0.243. The van der Waals surface area contributed by atoms with E-state index in [2.05, 4.69) is 40.3 Å². The van der Waals surface area contributed by atoms with Crippen molar-refractivity contribution in [3.63, 3.8) is 0 Å². The smallest absolute Gasteiger partial charge is 0.232 e. The highest BCUT2D eigenvalue weighted by Gasteiger charge is 2.24. The van der Waals surface area contributed by atoms with Crippen LogP contribution in [0, 0.1) is 17.7 Å². The van der Waals surface area contributed by atoms with Gasteiger partial charge in [-0.2, -0.15) is 9.97 Å². The van der Waals surface area contributed by atoms with Crippen LogP contribution < -0.4 is 20.4 Å². The highest BCUT2D eigenvalue weighted by molar-refractivity contribution is 7.80. The SMILES string of the molecule is CC1CC(C)CN(c2cc(N3CCCCCC3)nc(NC(=S)NCc3ccc(F)cc3)n2)C1. The lowest BCUT2D eigenvalue weighted by atomic mass is 9.92. The molecule has 2 aliphatic heterocycles. The Morgan fingerprint density at radius 2 is 1.58 bits per heavy atom. The summed E-state index contributed by atoms with van der Waals surface area (Å²) in [5, 5.41) is 6.83. The van der Waals surface area contributed by atoms with Gasteiger partial charge < -0.3 is 20.4 Å².